The van der Waals surface area contributed by atoms with Crippen LogP contribution in [0.15, 0.2) is 79.3 Å². The molecule has 1 fully saturated rings. The van der Waals surface area contributed by atoms with Crippen molar-refractivity contribution in [1.82, 2.24) is 9.97 Å². The van der Waals surface area contributed by atoms with Gasteiger partial charge in [-0.25, -0.2) is 4.39 Å². The van der Waals surface area contributed by atoms with Crippen molar-refractivity contribution in [2.45, 2.75) is 112 Å². The maximum atomic E-state index is 15.3. The van der Waals surface area contributed by atoms with E-state index < -0.39 is 12.1 Å². The molecule has 0 spiro atoms. The molecule has 5 rings (SSSR count). The number of benzene rings is 2. The second-order valence-electron chi connectivity index (χ2n) is 13.2. The Hall–Kier alpha value is -4.00. The van der Waals surface area contributed by atoms with Gasteiger partial charge in [0.2, 0.25) is 0 Å². The first-order valence-corrected chi connectivity index (χ1v) is 19.0. The molecule has 3 atom stereocenters. The van der Waals surface area contributed by atoms with Gasteiger partial charge in [-0.1, -0.05) is 80.5 Å². The number of alkyl halides is 3. The van der Waals surface area contributed by atoms with E-state index in [4.69, 9.17) is 10.7 Å². The molecule has 2 unspecified atom stereocenters. The molecule has 4 aromatic rings. The van der Waals surface area contributed by atoms with Crippen molar-refractivity contribution >= 4 is 10.9 Å². The molecule has 0 radical (unpaired) electrons. The lowest BCUT2D eigenvalue weighted by Gasteiger charge is -2.35. The number of hydrogen-bond donors (Lipinski definition) is 1. The van der Waals surface area contributed by atoms with Crippen LogP contribution in [0.3, 0.4) is 0 Å². The summed E-state index contributed by atoms with van der Waals surface area (Å²) in [6.45, 7) is 21.7. The fraction of sp³-hybridized carbons (Fsp3) is 0.489. The molecular formula is C45H63F4N3O. The minimum absolute atomic E-state index is 0.000622. The fourth-order valence-electron chi connectivity index (χ4n) is 6.52. The zero-order chi connectivity index (χ0) is 40.3. The highest BCUT2D eigenvalue weighted by Gasteiger charge is 2.47. The molecule has 0 bridgehead atoms. The van der Waals surface area contributed by atoms with E-state index in [0.29, 0.717) is 35.1 Å². The van der Waals surface area contributed by atoms with Gasteiger partial charge in [0, 0.05) is 37.6 Å². The van der Waals surface area contributed by atoms with Crippen molar-refractivity contribution < 1.29 is 22.3 Å². The molecule has 4 nitrogen and oxygen atoms in total. The zero-order valence-corrected chi connectivity index (χ0v) is 33.9. The van der Waals surface area contributed by atoms with Crippen molar-refractivity contribution in [2.24, 2.45) is 23.5 Å². The molecule has 0 amide bonds. The van der Waals surface area contributed by atoms with E-state index in [1.807, 2.05) is 46.8 Å². The van der Waals surface area contributed by atoms with Crippen LogP contribution in [0.25, 0.3) is 22.2 Å². The van der Waals surface area contributed by atoms with Gasteiger partial charge < -0.3 is 10.5 Å². The van der Waals surface area contributed by atoms with Gasteiger partial charge in [-0.15, -0.1) is 5.73 Å². The highest BCUT2D eigenvalue weighted by molar-refractivity contribution is 5.79. The standard InChI is InChI=1S/C36H40F4N2.C3H5N.C2H6O.2C2H6/c1-6-8-29-23(5)34(26-13-15-28(37)16-14-26)42-35(33(29)32(25-11-12-25)22(4)21(2)3)30(36(38,39)40)20-24-10-17-31-27(19-24)9-7-18-41-31;1-2-3-4;1-3-2;2*1-2/h7,9-10,13-19,21-22,25,30,32H,6,8,11-12,20H2,1-5H3;3H,1,4H2;1-2H3;2*1-2H3/t22?,30?,32-;;;;/m1..../s1. The van der Waals surface area contributed by atoms with Gasteiger partial charge in [0.15, 0.2) is 0 Å². The quantitative estimate of drug-likeness (QED) is 0.130. The lowest BCUT2D eigenvalue weighted by atomic mass is 9.72. The van der Waals surface area contributed by atoms with Crippen molar-refractivity contribution in [3.05, 3.63) is 113 Å². The van der Waals surface area contributed by atoms with Crippen molar-refractivity contribution in [1.29, 1.82) is 0 Å². The summed E-state index contributed by atoms with van der Waals surface area (Å²) in [6.07, 6.45) is 1.76. The number of methoxy groups -OCH3 is 1. The third-order valence-corrected chi connectivity index (χ3v) is 9.29. The summed E-state index contributed by atoms with van der Waals surface area (Å²) in [5.41, 5.74) is 12.4. The molecule has 1 saturated carbocycles. The average Bonchev–Trinajstić information content (AvgIpc) is 4.00. The number of pyridine rings is 2. The van der Waals surface area contributed by atoms with Crippen LogP contribution < -0.4 is 5.73 Å². The summed E-state index contributed by atoms with van der Waals surface area (Å²) in [7, 11) is 3.25. The van der Waals surface area contributed by atoms with Crippen molar-refractivity contribution in [3.63, 3.8) is 0 Å². The molecule has 2 aromatic carbocycles. The first-order chi connectivity index (χ1) is 25.3. The fourth-order valence-corrected chi connectivity index (χ4v) is 6.52. The van der Waals surface area contributed by atoms with Gasteiger partial charge in [0.25, 0.3) is 0 Å². The molecule has 1 aliphatic carbocycles. The van der Waals surface area contributed by atoms with Gasteiger partial charge in [0.1, 0.15) is 11.7 Å². The Morgan fingerprint density at radius 3 is 2.08 bits per heavy atom. The number of aromatic nitrogens is 2. The predicted octanol–water partition coefficient (Wildman–Crippen LogP) is 12.9. The van der Waals surface area contributed by atoms with Crippen LogP contribution in [-0.4, -0.2) is 30.4 Å². The number of nitrogens with zero attached hydrogens (tertiary/aromatic N) is 2. The van der Waals surface area contributed by atoms with E-state index in [1.54, 1.807) is 50.7 Å². The van der Waals surface area contributed by atoms with E-state index in [1.165, 1.54) is 18.3 Å². The number of rotatable bonds is 10. The molecular weight excluding hydrogens is 675 g/mol. The average molecular weight is 738 g/mol. The third kappa shape index (κ3) is 13.4. The molecule has 0 aliphatic heterocycles. The molecule has 292 valence electrons. The third-order valence-electron chi connectivity index (χ3n) is 9.29. The highest BCUT2D eigenvalue weighted by atomic mass is 19.4. The Bertz CT molecular complexity index is 1690. The van der Waals surface area contributed by atoms with Gasteiger partial charge in [-0.3, -0.25) is 9.97 Å². The second-order valence-corrected chi connectivity index (χ2v) is 13.2. The number of nitrogens with two attached hydrogens (primary N) is 1. The highest BCUT2D eigenvalue weighted by Crippen LogP contribution is 2.53. The normalized spacial score (nSPS) is 13.7. The van der Waals surface area contributed by atoms with Crippen LogP contribution in [0, 0.1) is 30.5 Å². The largest absolute Gasteiger partial charge is 0.398 e. The van der Waals surface area contributed by atoms with Gasteiger partial charge in [-0.2, -0.15) is 13.2 Å². The van der Waals surface area contributed by atoms with Gasteiger partial charge >= 0.3 is 6.18 Å². The summed E-state index contributed by atoms with van der Waals surface area (Å²) in [4.78, 5) is 9.30. The molecule has 0 saturated heterocycles. The Kier molecular flexibility index (Phi) is 21.0. The Morgan fingerprint density at radius 1 is 1.00 bits per heavy atom. The maximum Gasteiger partial charge on any atom is 0.397 e. The summed E-state index contributed by atoms with van der Waals surface area (Å²) < 4.78 is 64.1. The van der Waals surface area contributed by atoms with E-state index >= 15 is 13.2 Å². The van der Waals surface area contributed by atoms with Crippen molar-refractivity contribution in [3.8, 4) is 11.3 Å². The molecule has 8 heteroatoms. The predicted molar refractivity (Wildman–Crippen MR) is 216 cm³/mol. The zero-order valence-electron chi connectivity index (χ0n) is 33.9. The molecule has 2 heterocycles. The smallest absolute Gasteiger partial charge is 0.397 e. The maximum absolute atomic E-state index is 15.3. The van der Waals surface area contributed by atoms with E-state index in [0.717, 1.165) is 46.9 Å². The van der Waals surface area contributed by atoms with Crippen LogP contribution in [0.1, 0.15) is 114 Å². The molecule has 2 aromatic heterocycles. The molecule has 2 N–H and O–H groups in total. The van der Waals surface area contributed by atoms with Crippen LogP contribution in [-0.2, 0) is 17.6 Å². The Morgan fingerprint density at radius 2 is 1.58 bits per heavy atom. The second kappa shape index (κ2) is 23.6. The van der Waals surface area contributed by atoms with E-state index in [9.17, 15) is 4.39 Å². The minimum atomic E-state index is -4.51. The number of hydrogen-bond acceptors (Lipinski definition) is 4. The number of halogens is 4. The first kappa shape index (κ1) is 47.0. The van der Waals surface area contributed by atoms with E-state index in [-0.39, 0.29) is 29.8 Å². The summed E-state index contributed by atoms with van der Waals surface area (Å²) in [5.74, 6) is -1.30. The lowest BCUT2D eigenvalue weighted by Crippen LogP contribution is -2.29. The van der Waals surface area contributed by atoms with Crippen LogP contribution in [0.4, 0.5) is 17.6 Å². The topological polar surface area (TPSA) is 61.0 Å². The summed E-state index contributed by atoms with van der Waals surface area (Å²) >= 11 is 0. The molecule has 53 heavy (non-hydrogen) atoms. The van der Waals surface area contributed by atoms with Crippen LogP contribution >= 0.6 is 0 Å². The van der Waals surface area contributed by atoms with Crippen LogP contribution in [0.2, 0.25) is 0 Å². The number of ether oxygens (including phenoxy) is 1. The van der Waals surface area contributed by atoms with Crippen LogP contribution in [0.5, 0.6) is 0 Å². The SMILES string of the molecule is C=C=CN.CC.CC.CCCc1c(C)c(-c2ccc(F)cc2)nc(C(Cc2ccc3ncccc3c2)C(F)(F)F)c1[C@@H](C1CC1)C(C)C(C)C.COC. The number of fused-ring (bicyclic) bond motifs is 1. The first-order valence-electron chi connectivity index (χ1n) is 19.0. The van der Waals surface area contributed by atoms with E-state index in [2.05, 4.69) is 49.7 Å². The summed E-state index contributed by atoms with van der Waals surface area (Å²) in [5, 5.41) is 0.816. The lowest BCUT2D eigenvalue weighted by molar-refractivity contribution is -0.151. The van der Waals surface area contributed by atoms with Gasteiger partial charge in [0.05, 0.1) is 16.9 Å². The molecule has 1 aliphatic rings. The van der Waals surface area contributed by atoms with Crippen molar-refractivity contribution in [2.75, 3.05) is 14.2 Å². The Balaban J connectivity index is 0.00000115. The minimum Gasteiger partial charge on any atom is -0.398 e. The monoisotopic (exact) mass is 737 g/mol. The summed E-state index contributed by atoms with van der Waals surface area (Å²) in [6, 6.07) is 15.0. The Labute approximate surface area is 317 Å². The van der Waals surface area contributed by atoms with Gasteiger partial charge in [-0.05, 0) is 121 Å².